The molecule has 32 heavy (non-hydrogen) atoms. The molecule has 3 nitrogen and oxygen atoms in total. The summed E-state index contributed by atoms with van der Waals surface area (Å²) in [5.74, 6) is 3.41. The van der Waals surface area contributed by atoms with Crippen LogP contribution in [0.4, 0.5) is 0 Å². The van der Waals surface area contributed by atoms with E-state index in [1.165, 1.54) is 89.9 Å². The fraction of sp³-hybridized carbons (Fsp3) is 0.793. The molecule has 182 valence electrons. The lowest BCUT2D eigenvalue weighted by Crippen LogP contribution is -2.26. The zero-order valence-corrected chi connectivity index (χ0v) is 20.9. The van der Waals surface area contributed by atoms with Crippen molar-refractivity contribution in [3.63, 3.8) is 0 Å². The summed E-state index contributed by atoms with van der Waals surface area (Å²) in [5, 5.41) is 0. The Kier molecular flexibility index (Phi) is 12.0. The third kappa shape index (κ3) is 8.71. The third-order valence-electron chi connectivity index (χ3n) is 7.55. The lowest BCUT2D eigenvalue weighted by atomic mass is 9.74. The van der Waals surface area contributed by atoms with Gasteiger partial charge in [-0.05, 0) is 43.2 Å². The second kappa shape index (κ2) is 15.0. The van der Waals surface area contributed by atoms with Gasteiger partial charge in [0.15, 0.2) is 6.29 Å². The van der Waals surface area contributed by atoms with Gasteiger partial charge in [0.25, 0.3) is 0 Å². The number of rotatable bonds is 14. The second-order valence-corrected chi connectivity index (χ2v) is 10.2. The van der Waals surface area contributed by atoms with E-state index in [1.807, 2.05) is 0 Å². The van der Waals surface area contributed by atoms with Crippen molar-refractivity contribution >= 4 is 0 Å². The molecular weight excluding hydrogens is 396 g/mol. The predicted molar refractivity (Wildman–Crippen MR) is 133 cm³/mol. The van der Waals surface area contributed by atoms with E-state index in [0.29, 0.717) is 5.92 Å². The van der Waals surface area contributed by atoms with Gasteiger partial charge in [0.2, 0.25) is 0 Å². The van der Waals surface area contributed by atoms with Gasteiger partial charge >= 0.3 is 0 Å². The molecule has 0 radical (unpaired) electrons. The molecule has 0 bridgehead atoms. The Morgan fingerprint density at radius 1 is 0.750 bits per heavy atom. The quantitative estimate of drug-likeness (QED) is 0.269. The van der Waals surface area contributed by atoms with Crippen molar-refractivity contribution in [1.82, 2.24) is 0 Å². The Morgan fingerprint density at radius 3 is 2.06 bits per heavy atom. The highest BCUT2D eigenvalue weighted by Gasteiger charge is 2.25. The summed E-state index contributed by atoms with van der Waals surface area (Å²) in [6.45, 7) is 6.95. The summed E-state index contributed by atoms with van der Waals surface area (Å²) in [4.78, 5) is 0. The summed E-state index contributed by atoms with van der Waals surface area (Å²) >= 11 is 0. The predicted octanol–water partition coefficient (Wildman–Crippen LogP) is 8.47. The van der Waals surface area contributed by atoms with Gasteiger partial charge in [-0.2, -0.15) is 0 Å². The van der Waals surface area contributed by atoms with Gasteiger partial charge in [-0.25, -0.2) is 0 Å². The van der Waals surface area contributed by atoms with Crippen LogP contribution < -0.4 is 4.74 Å². The minimum absolute atomic E-state index is 0.220. The van der Waals surface area contributed by atoms with Crippen molar-refractivity contribution in [3.05, 3.63) is 29.8 Å². The molecule has 2 aliphatic rings. The van der Waals surface area contributed by atoms with Gasteiger partial charge in [-0.15, -0.1) is 0 Å². The molecule has 0 spiro atoms. The van der Waals surface area contributed by atoms with Crippen LogP contribution in [0.3, 0.4) is 0 Å². The Bertz CT molecular complexity index is 591. The maximum atomic E-state index is 6.07. The zero-order chi connectivity index (χ0) is 22.4. The average molecular weight is 445 g/mol. The highest BCUT2D eigenvalue weighted by Crippen LogP contribution is 2.36. The van der Waals surface area contributed by atoms with Gasteiger partial charge in [-0.3, -0.25) is 0 Å². The van der Waals surface area contributed by atoms with E-state index in [4.69, 9.17) is 14.2 Å². The molecule has 0 aromatic heterocycles. The molecule has 2 unspecified atom stereocenters. The van der Waals surface area contributed by atoms with Crippen LogP contribution in [0.2, 0.25) is 0 Å². The molecule has 0 amide bonds. The number of unbranched alkanes of at least 4 members (excludes halogenated alkanes) is 4. The maximum absolute atomic E-state index is 6.07. The monoisotopic (exact) mass is 444 g/mol. The minimum Gasteiger partial charge on any atom is -0.494 e. The number of hydrogen-bond acceptors (Lipinski definition) is 3. The van der Waals surface area contributed by atoms with Crippen LogP contribution in [0.25, 0.3) is 0 Å². The minimum atomic E-state index is -0.220. The number of ether oxygens (including phenoxy) is 3. The van der Waals surface area contributed by atoms with Crippen LogP contribution in [0.15, 0.2) is 24.3 Å². The molecule has 0 N–H and O–H groups in total. The van der Waals surface area contributed by atoms with Crippen molar-refractivity contribution in [2.24, 2.45) is 17.8 Å². The van der Waals surface area contributed by atoms with Crippen LogP contribution in [0.5, 0.6) is 5.75 Å². The van der Waals surface area contributed by atoms with Crippen molar-refractivity contribution < 1.29 is 14.2 Å². The Morgan fingerprint density at radius 2 is 1.41 bits per heavy atom. The van der Waals surface area contributed by atoms with Crippen LogP contribution in [0.1, 0.15) is 116 Å². The first-order valence-corrected chi connectivity index (χ1v) is 13.8. The largest absolute Gasteiger partial charge is 0.494 e. The molecule has 1 saturated heterocycles. The lowest BCUT2D eigenvalue weighted by Gasteiger charge is -2.32. The number of benzene rings is 1. The molecular formula is C29H48O3. The first-order valence-electron chi connectivity index (χ1n) is 13.8. The van der Waals surface area contributed by atoms with E-state index in [0.717, 1.165) is 43.0 Å². The fourth-order valence-electron chi connectivity index (χ4n) is 5.62. The molecule has 1 saturated carbocycles. The van der Waals surface area contributed by atoms with Crippen LogP contribution in [0, 0.1) is 17.8 Å². The van der Waals surface area contributed by atoms with E-state index in [9.17, 15) is 0 Å². The van der Waals surface area contributed by atoms with Gasteiger partial charge < -0.3 is 14.2 Å². The van der Waals surface area contributed by atoms with Gasteiger partial charge in [0, 0.05) is 11.5 Å². The summed E-state index contributed by atoms with van der Waals surface area (Å²) in [5.41, 5.74) is 1.09. The first kappa shape index (κ1) is 25.6. The lowest BCUT2D eigenvalue weighted by molar-refractivity contribution is -0.206. The maximum Gasteiger partial charge on any atom is 0.183 e. The van der Waals surface area contributed by atoms with E-state index < -0.39 is 0 Å². The van der Waals surface area contributed by atoms with E-state index in [2.05, 4.69) is 38.1 Å². The van der Waals surface area contributed by atoms with E-state index >= 15 is 0 Å². The normalized spacial score (nSPS) is 26.2. The molecule has 2 atom stereocenters. The highest BCUT2D eigenvalue weighted by atomic mass is 16.7. The van der Waals surface area contributed by atoms with Crippen LogP contribution >= 0.6 is 0 Å². The smallest absolute Gasteiger partial charge is 0.183 e. The fourth-order valence-corrected chi connectivity index (χ4v) is 5.62. The summed E-state index contributed by atoms with van der Waals surface area (Å²) in [6, 6.07) is 8.32. The molecule has 3 rings (SSSR count). The highest BCUT2D eigenvalue weighted by molar-refractivity contribution is 5.28. The molecule has 1 aromatic carbocycles. The molecule has 1 aromatic rings. The van der Waals surface area contributed by atoms with Crippen molar-refractivity contribution in [3.8, 4) is 5.75 Å². The summed E-state index contributed by atoms with van der Waals surface area (Å²) in [6.07, 6.45) is 19.0. The summed E-state index contributed by atoms with van der Waals surface area (Å²) in [7, 11) is 0. The zero-order valence-electron chi connectivity index (χ0n) is 20.9. The average Bonchev–Trinajstić information content (AvgIpc) is 2.84. The van der Waals surface area contributed by atoms with Gasteiger partial charge in [-0.1, -0.05) is 96.6 Å². The molecule has 1 aliphatic carbocycles. The van der Waals surface area contributed by atoms with E-state index in [-0.39, 0.29) is 6.29 Å². The van der Waals surface area contributed by atoms with Crippen LogP contribution in [-0.4, -0.2) is 19.8 Å². The molecule has 1 heterocycles. The topological polar surface area (TPSA) is 27.7 Å². The molecule has 1 aliphatic heterocycles. The standard InChI is InChI=1S/C29H48O3/c1-3-5-6-7-8-13-25-14-9-10-15-26(25)16-11-21-30-28-19-17-27(18-20-28)29-31-22-24(12-4-2)23-32-29/h17-20,24-26,29H,3-16,21-23H2,1-2H3. The Labute approximate surface area is 197 Å². The van der Waals surface area contributed by atoms with Crippen molar-refractivity contribution in [2.75, 3.05) is 19.8 Å². The SMILES string of the molecule is CCCCCCCC1CCCCC1CCCOc1ccc(C2OCC(CCC)CO2)cc1. The van der Waals surface area contributed by atoms with Crippen LogP contribution in [-0.2, 0) is 9.47 Å². The van der Waals surface area contributed by atoms with Gasteiger partial charge in [0.1, 0.15) is 5.75 Å². The third-order valence-corrected chi connectivity index (χ3v) is 7.55. The Hall–Kier alpha value is -1.06. The van der Waals surface area contributed by atoms with Gasteiger partial charge in [0.05, 0.1) is 19.8 Å². The van der Waals surface area contributed by atoms with E-state index in [1.54, 1.807) is 0 Å². The second-order valence-electron chi connectivity index (χ2n) is 10.2. The number of hydrogen-bond donors (Lipinski definition) is 0. The first-order chi connectivity index (χ1) is 15.8. The van der Waals surface area contributed by atoms with Crippen molar-refractivity contribution in [2.45, 2.75) is 110 Å². The Balaban J connectivity index is 1.32. The van der Waals surface area contributed by atoms with Crippen molar-refractivity contribution in [1.29, 1.82) is 0 Å². The summed E-state index contributed by atoms with van der Waals surface area (Å²) < 4.78 is 17.9. The molecule has 3 heteroatoms. The molecule has 2 fully saturated rings.